The molecule has 0 radical (unpaired) electrons. The number of carboxylic acids is 1. The molecular formula is C13H12BrN3O3S. The van der Waals surface area contributed by atoms with Crippen molar-refractivity contribution in [3.05, 3.63) is 22.7 Å². The number of hydrogen-bond acceptors (Lipinski definition) is 4. The second kappa shape index (κ2) is 5.61. The summed E-state index contributed by atoms with van der Waals surface area (Å²) < 4.78 is 1.85. The Kier molecular flexibility index (Phi) is 3.81. The zero-order chi connectivity index (χ0) is 15.0. The number of thiazole rings is 1. The monoisotopic (exact) mass is 369 g/mol. The van der Waals surface area contributed by atoms with Crippen LogP contribution in [0.1, 0.15) is 6.42 Å². The Balaban J connectivity index is 1.72. The van der Waals surface area contributed by atoms with Gasteiger partial charge in [-0.3, -0.25) is 10.1 Å². The highest BCUT2D eigenvalue weighted by Crippen LogP contribution is 2.31. The fourth-order valence-corrected chi connectivity index (χ4v) is 3.75. The van der Waals surface area contributed by atoms with Gasteiger partial charge < -0.3 is 10.0 Å². The topological polar surface area (TPSA) is 82.5 Å². The maximum absolute atomic E-state index is 12.1. The number of amides is 2. The van der Waals surface area contributed by atoms with Crippen molar-refractivity contribution in [2.75, 3.05) is 18.4 Å². The second-order valence-corrected chi connectivity index (χ2v) is 6.69. The van der Waals surface area contributed by atoms with Gasteiger partial charge in [-0.05, 0) is 34.5 Å². The number of halogens is 1. The van der Waals surface area contributed by atoms with Gasteiger partial charge in [-0.15, -0.1) is 0 Å². The maximum atomic E-state index is 12.1. The summed E-state index contributed by atoms with van der Waals surface area (Å²) in [5.74, 6) is -1.32. The molecule has 1 saturated heterocycles. The Morgan fingerprint density at radius 2 is 2.29 bits per heavy atom. The van der Waals surface area contributed by atoms with Gasteiger partial charge in [-0.25, -0.2) is 9.78 Å². The van der Waals surface area contributed by atoms with Crippen LogP contribution in [0.3, 0.4) is 0 Å². The lowest BCUT2D eigenvalue weighted by molar-refractivity contribution is -0.141. The van der Waals surface area contributed by atoms with E-state index in [1.807, 2.05) is 18.2 Å². The predicted molar refractivity (Wildman–Crippen MR) is 83.7 cm³/mol. The van der Waals surface area contributed by atoms with Gasteiger partial charge in [0.25, 0.3) is 0 Å². The van der Waals surface area contributed by atoms with E-state index in [1.165, 1.54) is 16.2 Å². The van der Waals surface area contributed by atoms with Crippen molar-refractivity contribution >= 4 is 54.6 Å². The number of nitrogens with zero attached hydrogens (tertiary/aromatic N) is 2. The number of urea groups is 1. The lowest BCUT2D eigenvalue weighted by Gasteiger charge is -2.15. The minimum Gasteiger partial charge on any atom is -0.481 e. The molecule has 110 valence electrons. The first-order valence-corrected chi connectivity index (χ1v) is 7.99. The molecule has 2 N–H and O–H groups in total. The van der Waals surface area contributed by atoms with Crippen molar-refractivity contribution in [1.82, 2.24) is 9.88 Å². The molecule has 1 aromatic heterocycles. The third-order valence-electron chi connectivity index (χ3n) is 3.41. The van der Waals surface area contributed by atoms with Gasteiger partial charge in [0, 0.05) is 17.6 Å². The number of benzene rings is 1. The lowest BCUT2D eigenvalue weighted by Crippen LogP contribution is -2.33. The lowest BCUT2D eigenvalue weighted by atomic mass is 10.1. The van der Waals surface area contributed by atoms with E-state index >= 15 is 0 Å². The molecule has 1 atom stereocenters. The van der Waals surface area contributed by atoms with Gasteiger partial charge in [0.2, 0.25) is 0 Å². The minimum absolute atomic E-state index is 0.246. The molecule has 1 aromatic carbocycles. The van der Waals surface area contributed by atoms with Crippen molar-refractivity contribution in [3.63, 3.8) is 0 Å². The number of rotatable bonds is 2. The third-order valence-corrected chi connectivity index (χ3v) is 4.98. The van der Waals surface area contributed by atoms with Crippen LogP contribution in [0, 0.1) is 5.92 Å². The van der Waals surface area contributed by atoms with Gasteiger partial charge in [-0.1, -0.05) is 17.4 Å². The molecule has 1 unspecified atom stereocenters. The summed E-state index contributed by atoms with van der Waals surface area (Å²) in [4.78, 5) is 28.9. The molecule has 0 spiro atoms. The van der Waals surface area contributed by atoms with Crippen molar-refractivity contribution in [3.8, 4) is 0 Å². The van der Waals surface area contributed by atoms with Gasteiger partial charge >= 0.3 is 12.0 Å². The molecule has 2 heterocycles. The molecule has 2 aromatic rings. The number of carboxylic acid groups (broad SMARTS) is 1. The molecule has 8 heteroatoms. The van der Waals surface area contributed by atoms with Crippen LogP contribution in [0.5, 0.6) is 0 Å². The molecule has 6 nitrogen and oxygen atoms in total. The molecule has 21 heavy (non-hydrogen) atoms. The number of aliphatic carboxylic acids is 1. The highest BCUT2D eigenvalue weighted by Gasteiger charge is 2.31. The van der Waals surface area contributed by atoms with E-state index in [0.29, 0.717) is 18.1 Å². The highest BCUT2D eigenvalue weighted by atomic mass is 79.9. The second-order valence-electron chi connectivity index (χ2n) is 4.81. The van der Waals surface area contributed by atoms with Crippen LogP contribution < -0.4 is 5.32 Å². The number of nitrogens with one attached hydrogen (secondary N) is 1. The highest BCUT2D eigenvalue weighted by molar-refractivity contribution is 9.10. The number of para-hydroxylation sites is 1. The Bertz CT molecular complexity index is 718. The zero-order valence-corrected chi connectivity index (χ0v) is 13.3. The van der Waals surface area contributed by atoms with Crippen molar-refractivity contribution < 1.29 is 14.7 Å². The number of anilines is 1. The summed E-state index contributed by atoms with van der Waals surface area (Å²) in [5.41, 5.74) is 0.808. The van der Waals surface area contributed by atoms with E-state index in [4.69, 9.17) is 5.11 Å². The Labute approximate surface area is 132 Å². The van der Waals surface area contributed by atoms with E-state index in [1.54, 1.807) is 0 Å². The van der Waals surface area contributed by atoms with Crippen LogP contribution >= 0.6 is 27.3 Å². The SMILES string of the molecule is O=C(O)C1CCN(C(=O)Nc2nc3c(Br)cccc3s2)C1. The number of hydrogen-bond donors (Lipinski definition) is 2. The summed E-state index contributed by atoms with van der Waals surface area (Å²) in [6.07, 6.45) is 0.494. The first kappa shape index (κ1) is 14.3. The fraction of sp³-hybridized carbons (Fsp3) is 0.308. The van der Waals surface area contributed by atoms with Crippen LogP contribution in [0.2, 0.25) is 0 Å². The molecule has 1 fully saturated rings. The number of carbonyl (C=O) groups is 2. The molecule has 2 amide bonds. The molecule has 0 aliphatic carbocycles. The predicted octanol–water partition coefficient (Wildman–Crippen LogP) is 3.00. The summed E-state index contributed by atoms with van der Waals surface area (Å²) in [5, 5.41) is 12.2. The van der Waals surface area contributed by atoms with Crippen LogP contribution in [-0.2, 0) is 4.79 Å². The number of carbonyl (C=O) groups excluding carboxylic acids is 1. The van der Waals surface area contributed by atoms with Gasteiger partial charge in [-0.2, -0.15) is 0 Å². The van der Waals surface area contributed by atoms with E-state index < -0.39 is 11.9 Å². The first-order valence-electron chi connectivity index (χ1n) is 6.38. The number of aromatic nitrogens is 1. The Morgan fingerprint density at radius 3 is 2.95 bits per heavy atom. The van der Waals surface area contributed by atoms with Crippen molar-refractivity contribution in [1.29, 1.82) is 0 Å². The van der Waals surface area contributed by atoms with E-state index in [-0.39, 0.29) is 12.6 Å². The summed E-state index contributed by atoms with van der Waals surface area (Å²) in [6.45, 7) is 0.702. The van der Waals surface area contributed by atoms with Gasteiger partial charge in [0.05, 0.1) is 16.1 Å². The summed E-state index contributed by atoms with van der Waals surface area (Å²) >= 11 is 4.81. The summed E-state index contributed by atoms with van der Waals surface area (Å²) in [7, 11) is 0. The third kappa shape index (κ3) is 2.86. The van der Waals surface area contributed by atoms with Crippen LogP contribution in [0.15, 0.2) is 22.7 Å². The molecular weight excluding hydrogens is 358 g/mol. The molecule has 1 aliphatic rings. The van der Waals surface area contributed by atoms with Crippen LogP contribution in [-0.4, -0.2) is 40.1 Å². The molecule has 3 rings (SSSR count). The largest absolute Gasteiger partial charge is 0.481 e. The van der Waals surface area contributed by atoms with E-state index in [9.17, 15) is 9.59 Å². The average molecular weight is 370 g/mol. The zero-order valence-electron chi connectivity index (χ0n) is 10.9. The van der Waals surface area contributed by atoms with Gasteiger partial charge in [0.1, 0.15) is 0 Å². The first-order chi connectivity index (χ1) is 10.0. The number of fused-ring (bicyclic) bond motifs is 1. The summed E-state index contributed by atoms with van der Waals surface area (Å²) in [6, 6.07) is 5.44. The fourth-order valence-electron chi connectivity index (χ4n) is 2.29. The minimum atomic E-state index is -0.853. The van der Waals surface area contributed by atoms with Crippen LogP contribution in [0.25, 0.3) is 10.2 Å². The van der Waals surface area contributed by atoms with Crippen molar-refractivity contribution in [2.45, 2.75) is 6.42 Å². The smallest absolute Gasteiger partial charge is 0.323 e. The Morgan fingerprint density at radius 1 is 1.48 bits per heavy atom. The van der Waals surface area contributed by atoms with E-state index in [2.05, 4.69) is 26.2 Å². The van der Waals surface area contributed by atoms with E-state index in [0.717, 1.165) is 14.7 Å². The molecule has 0 saturated carbocycles. The standard InChI is InChI=1S/C13H12BrN3O3S/c14-8-2-1-3-9-10(8)15-12(21-9)16-13(20)17-5-4-7(6-17)11(18)19/h1-3,7H,4-6H2,(H,18,19)(H,15,16,20). The Hall–Kier alpha value is -1.67. The molecule has 0 bridgehead atoms. The quantitative estimate of drug-likeness (QED) is 0.852. The molecule has 1 aliphatic heterocycles. The maximum Gasteiger partial charge on any atom is 0.323 e. The van der Waals surface area contributed by atoms with Gasteiger partial charge in [0.15, 0.2) is 5.13 Å². The number of likely N-dealkylation sites (tertiary alicyclic amines) is 1. The average Bonchev–Trinajstić information content (AvgIpc) is 3.05. The van der Waals surface area contributed by atoms with Crippen LogP contribution in [0.4, 0.5) is 9.93 Å². The normalized spacial score (nSPS) is 18.1. The van der Waals surface area contributed by atoms with Crippen molar-refractivity contribution in [2.24, 2.45) is 5.92 Å².